The molecule has 1 aliphatic rings. The minimum atomic E-state index is -0.213. The molecule has 0 bridgehead atoms. The third-order valence-electron chi connectivity index (χ3n) is 6.17. The number of nitrogens with zero attached hydrogens (tertiary/aromatic N) is 2. The zero-order valence-corrected chi connectivity index (χ0v) is 20.9. The molecule has 1 unspecified atom stereocenters. The summed E-state index contributed by atoms with van der Waals surface area (Å²) in [6.07, 6.45) is 2.32. The minimum absolute atomic E-state index is 0.130. The van der Waals surface area contributed by atoms with Crippen molar-refractivity contribution in [2.75, 3.05) is 25.0 Å². The maximum atomic E-state index is 13.2. The highest BCUT2D eigenvalue weighted by atomic mass is 32.1. The van der Waals surface area contributed by atoms with E-state index in [1.165, 1.54) is 5.56 Å². The molecule has 7 heteroatoms. The number of amides is 3. The van der Waals surface area contributed by atoms with Gasteiger partial charge in [-0.1, -0.05) is 47.5 Å². The van der Waals surface area contributed by atoms with Crippen molar-refractivity contribution in [3.63, 3.8) is 0 Å². The lowest BCUT2D eigenvalue weighted by Gasteiger charge is -2.33. The average molecular weight is 477 g/mol. The molecule has 178 valence electrons. The lowest BCUT2D eigenvalue weighted by molar-refractivity contribution is -0.132. The minimum Gasteiger partial charge on any atom is -0.342 e. The normalized spacial score (nSPS) is 15.7. The summed E-state index contributed by atoms with van der Waals surface area (Å²) >= 11 is 1.60. The van der Waals surface area contributed by atoms with Gasteiger partial charge in [-0.2, -0.15) is 0 Å². The van der Waals surface area contributed by atoms with Crippen LogP contribution in [0.15, 0.2) is 48.5 Å². The first-order valence-electron chi connectivity index (χ1n) is 11.8. The maximum absolute atomic E-state index is 13.2. The standard InChI is InChI=1S/C27H32N4O2S/c1-18-6-10-22(11-7-18)26-24(34-20(3)29-26)15-25(32)31-14-4-5-21(17-31)16-28-27(33)30-23-12-8-19(2)9-13-23/h6-13,21H,4-5,14-17H2,1-3H3,(H2,28,30,33). The summed E-state index contributed by atoms with van der Waals surface area (Å²) in [5, 5.41) is 6.80. The monoisotopic (exact) mass is 476 g/mol. The van der Waals surface area contributed by atoms with Gasteiger partial charge >= 0.3 is 6.03 Å². The molecule has 2 N–H and O–H groups in total. The van der Waals surface area contributed by atoms with Crippen LogP contribution in [-0.4, -0.2) is 41.5 Å². The van der Waals surface area contributed by atoms with Gasteiger partial charge in [-0.15, -0.1) is 11.3 Å². The number of aromatic nitrogens is 1. The molecular weight excluding hydrogens is 444 g/mol. The van der Waals surface area contributed by atoms with Crippen molar-refractivity contribution in [3.05, 3.63) is 69.5 Å². The summed E-state index contributed by atoms with van der Waals surface area (Å²) in [6, 6.07) is 15.8. The molecule has 0 spiro atoms. The van der Waals surface area contributed by atoms with Crippen molar-refractivity contribution in [1.29, 1.82) is 0 Å². The second-order valence-corrected chi connectivity index (χ2v) is 10.4. The van der Waals surface area contributed by atoms with Crippen LogP contribution in [0.25, 0.3) is 11.3 Å². The molecule has 34 heavy (non-hydrogen) atoms. The number of thiazole rings is 1. The lowest BCUT2D eigenvalue weighted by atomic mass is 9.97. The van der Waals surface area contributed by atoms with E-state index in [9.17, 15) is 9.59 Å². The molecule has 0 saturated carbocycles. The third-order valence-corrected chi connectivity index (χ3v) is 7.14. The van der Waals surface area contributed by atoms with Gasteiger partial charge in [-0.3, -0.25) is 4.79 Å². The van der Waals surface area contributed by atoms with Crippen LogP contribution in [0.5, 0.6) is 0 Å². The zero-order valence-electron chi connectivity index (χ0n) is 20.1. The number of urea groups is 1. The van der Waals surface area contributed by atoms with E-state index in [0.29, 0.717) is 19.5 Å². The predicted octanol–water partition coefficient (Wildman–Crippen LogP) is 5.34. The molecule has 4 rings (SSSR count). The Balaban J connectivity index is 1.32. The molecule has 1 fully saturated rings. The summed E-state index contributed by atoms with van der Waals surface area (Å²) in [5.41, 5.74) is 5.09. The highest BCUT2D eigenvalue weighted by molar-refractivity contribution is 7.12. The fourth-order valence-corrected chi connectivity index (χ4v) is 5.23. The molecular formula is C27H32N4O2S. The highest BCUT2D eigenvalue weighted by Gasteiger charge is 2.25. The number of hydrogen-bond donors (Lipinski definition) is 2. The van der Waals surface area contributed by atoms with Gasteiger partial charge in [0, 0.05) is 35.8 Å². The molecule has 3 amide bonds. The van der Waals surface area contributed by atoms with Crippen LogP contribution in [0, 0.1) is 26.7 Å². The summed E-state index contributed by atoms with van der Waals surface area (Å²) in [4.78, 5) is 33.1. The van der Waals surface area contributed by atoms with Gasteiger partial charge in [0.05, 0.1) is 17.1 Å². The number of likely N-dealkylation sites (tertiary alicyclic amines) is 1. The number of carbonyl (C=O) groups excluding carboxylic acids is 2. The second-order valence-electron chi connectivity index (χ2n) is 9.10. The lowest BCUT2D eigenvalue weighted by Crippen LogP contribution is -2.44. The van der Waals surface area contributed by atoms with Gasteiger partial charge in [0.1, 0.15) is 0 Å². The van der Waals surface area contributed by atoms with Crippen molar-refractivity contribution in [2.24, 2.45) is 5.92 Å². The average Bonchev–Trinajstić information content (AvgIpc) is 3.19. The highest BCUT2D eigenvalue weighted by Crippen LogP contribution is 2.29. The van der Waals surface area contributed by atoms with Crippen LogP contribution in [0.3, 0.4) is 0 Å². The van der Waals surface area contributed by atoms with Crippen LogP contribution in [0.1, 0.15) is 33.9 Å². The fourth-order valence-electron chi connectivity index (χ4n) is 4.28. The van der Waals surface area contributed by atoms with E-state index in [1.807, 2.05) is 43.0 Å². The van der Waals surface area contributed by atoms with Crippen LogP contribution in [-0.2, 0) is 11.2 Å². The second kappa shape index (κ2) is 10.8. The molecule has 2 aromatic carbocycles. The number of benzene rings is 2. The maximum Gasteiger partial charge on any atom is 0.319 e. The van der Waals surface area contributed by atoms with Crippen LogP contribution in [0.2, 0.25) is 0 Å². The first kappa shape index (κ1) is 24.0. The van der Waals surface area contributed by atoms with Crippen molar-refractivity contribution >= 4 is 29.0 Å². The van der Waals surface area contributed by atoms with E-state index < -0.39 is 0 Å². The molecule has 6 nitrogen and oxygen atoms in total. The number of hydrogen-bond acceptors (Lipinski definition) is 4. The first-order chi connectivity index (χ1) is 16.4. The van der Waals surface area contributed by atoms with Gasteiger partial charge in [-0.25, -0.2) is 9.78 Å². The van der Waals surface area contributed by atoms with Crippen molar-refractivity contribution in [1.82, 2.24) is 15.2 Å². The molecule has 0 aliphatic carbocycles. The third kappa shape index (κ3) is 6.23. The summed E-state index contributed by atoms with van der Waals surface area (Å²) in [7, 11) is 0. The largest absolute Gasteiger partial charge is 0.342 e. The Morgan fingerprint density at radius 2 is 1.71 bits per heavy atom. The number of rotatable bonds is 6. The Morgan fingerprint density at radius 1 is 1.03 bits per heavy atom. The predicted molar refractivity (Wildman–Crippen MR) is 138 cm³/mol. The molecule has 1 saturated heterocycles. The number of anilines is 1. The summed E-state index contributed by atoms with van der Waals surface area (Å²) < 4.78 is 0. The van der Waals surface area contributed by atoms with E-state index >= 15 is 0 Å². The van der Waals surface area contributed by atoms with Crippen LogP contribution in [0.4, 0.5) is 10.5 Å². The summed E-state index contributed by atoms with van der Waals surface area (Å²) in [5.74, 6) is 0.382. The van der Waals surface area contributed by atoms with E-state index in [2.05, 4.69) is 41.8 Å². The first-order valence-corrected chi connectivity index (χ1v) is 12.6. The van der Waals surface area contributed by atoms with Gasteiger partial charge in [0.25, 0.3) is 0 Å². The van der Waals surface area contributed by atoms with Gasteiger partial charge in [-0.05, 0) is 51.7 Å². The smallest absolute Gasteiger partial charge is 0.319 e. The van der Waals surface area contributed by atoms with Crippen molar-refractivity contribution in [2.45, 2.75) is 40.0 Å². The van der Waals surface area contributed by atoms with Gasteiger partial charge in [0.15, 0.2) is 0 Å². The number of nitrogens with one attached hydrogen (secondary N) is 2. The van der Waals surface area contributed by atoms with E-state index in [-0.39, 0.29) is 17.9 Å². The van der Waals surface area contributed by atoms with Gasteiger partial charge < -0.3 is 15.5 Å². The Morgan fingerprint density at radius 3 is 2.41 bits per heavy atom. The van der Waals surface area contributed by atoms with Crippen LogP contribution < -0.4 is 10.6 Å². The Labute approximate surface area is 205 Å². The van der Waals surface area contributed by atoms with E-state index in [0.717, 1.165) is 51.8 Å². The van der Waals surface area contributed by atoms with Crippen molar-refractivity contribution in [3.8, 4) is 11.3 Å². The zero-order chi connectivity index (χ0) is 24.1. The topological polar surface area (TPSA) is 74.3 Å². The Hall–Kier alpha value is -3.19. The molecule has 0 radical (unpaired) electrons. The molecule has 2 heterocycles. The quantitative estimate of drug-likeness (QED) is 0.504. The number of piperidine rings is 1. The van der Waals surface area contributed by atoms with Gasteiger partial charge in [0.2, 0.25) is 5.91 Å². The fraction of sp³-hybridized carbons (Fsp3) is 0.370. The molecule has 1 atom stereocenters. The molecule has 1 aromatic heterocycles. The van der Waals surface area contributed by atoms with Crippen LogP contribution >= 0.6 is 11.3 Å². The molecule has 3 aromatic rings. The summed E-state index contributed by atoms with van der Waals surface area (Å²) in [6.45, 7) is 8.05. The number of carbonyl (C=O) groups is 2. The Bertz CT molecular complexity index is 1140. The van der Waals surface area contributed by atoms with E-state index in [4.69, 9.17) is 4.98 Å². The SMILES string of the molecule is Cc1ccc(NC(=O)NCC2CCCN(C(=O)Cc3sc(C)nc3-c3ccc(C)cc3)C2)cc1. The van der Waals surface area contributed by atoms with Crippen molar-refractivity contribution < 1.29 is 9.59 Å². The van der Waals surface area contributed by atoms with E-state index in [1.54, 1.807) is 11.3 Å². The Kier molecular flexibility index (Phi) is 7.63. The molecule has 1 aliphatic heterocycles. The number of aryl methyl sites for hydroxylation is 3.